The highest BCUT2D eigenvalue weighted by molar-refractivity contribution is 5.89. The number of carbonyl (C=O) groups excluding carboxylic acids is 1. The van der Waals surface area contributed by atoms with Crippen molar-refractivity contribution in [3.63, 3.8) is 0 Å². The predicted octanol–water partition coefficient (Wildman–Crippen LogP) is 4.43. The zero-order valence-corrected chi connectivity index (χ0v) is 15.7. The normalized spacial score (nSPS) is 15.6. The molecule has 0 saturated carbocycles. The topological polar surface area (TPSA) is 44.8 Å². The van der Waals surface area contributed by atoms with Gasteiger partial charge in [-0.15, -0.1) is 0 Å². The van der Waals surface area contributed by atoms with E-state index in [1.807, 2.05) is 59.5 Å². The maximum atomic E-state index is 12.5. The van der Waals surface area contributed by atoms with Gasteiger partial charge in [0.05, 0.1) is 0 Å². The molecule has 1 aliphatic rings. The third-order valence-electron chi connectivity index (χ3n) is 4.60. The van der Waals surface area contributed by atoms with Crippen LogP contribution in [-0.2, 0) is 0 Å². The molecule has 3 rings (SSSR count). The van der Waals surface area contributed by atoms with Gasteiger partial charge in [-0.2, -0.15) is 0 Å². The Hall–Kier alpha value is -2.53. The second-order valence-corrected chi connectivity index (χ2v) is 7.51. The van der Waals surface area contributed by atoms with E-state index in [4.69, 9.17) is 4.74 Å². The number of para-hydroxylation sites is 1. The van der Waals surface area contributed by atoms with E-state index >= 15 is 0 Å². The first kappa shape index (κ1) is 18.3. The maximum absolute atomic E-state index is 12.5. The summed E-state index contributed by atoms with van der Waals surface area (Å²) in [5, 5.41) is 2.97. The number of hydrogen-bond donors (Lipinski definition) is 1. The smallest absolute Gasteiger partial charge is 0.321 e. The Morgan fingerprint density at radius 3 is 2.04 bits per heavy atom. The highest BCUT2D eigenvalue weighted by atomic mass is 16.5. The van der Waals surface area contributed by atoms with Crippen LogP contribution in [0.5, 0.6) is 11.5 Å². The lowest BCUT2D eigenvalue weighted by Crippen LogP contribution is -2.55. The Balaban J connectivity index is 1.52. The third-order valence-corrected chi connectivity index (χ3v) is 4.60. The lowest BCUT2D eigenvalue weighted by molar-refractivity contribution is 0.0774. The molecule has 0 aliphatic carbocycles. The molecule has 5 heteroatoms. The van der Waals surface area contributed by atoms with Gasteiger partial charge in [-0.1, -0.05) is 18.2 Å². The van der Waals surface area contributed by atoms with E-state index in [0.29, 0.717) is 0 Å². The molecule has 2 aromatic rings. The molecule has 0 atom stereocenters. The standard InChI is InChI=1S/C21H27N3O2/c1-21(2,3)24-15-13-23(14-16-24)20(25)22-17-9-11-19(12-10-17)26-18-7-5-4-6-8-18/h4-12H,13-16H2,1-3H3,(H,22,25). The first-order valence-corrected chi connectivity index (χ1v) is 9.06. The number of anilines is 1. The van der Waals surface area contributed by atoms with Gasteiger partial charge >= 0.3 is 6.03 Å². The van der Waals surface area contributed by atoms with Crippen molar-refractivity contribution < 1.29 is 9.53 Å². The van der Waals surface area contributed by atoms with Crippen LogP contribution in [-0.4, -0.2) is 47.5 Å². The van der Waals surface area contributed by atoms with Crippen molar-refractivity contribution >= 4 is 11.7 Å². The zero-order valence-electron chi connectivity index (χ0n) is 15.7. The van der Waals surface area contributed by atoms with Crippen LogP contribution in [0.4, 0.5) is 10.5 Å². The molecule has 0 radical (unpaired) electrons. The van der Waals surface area contributed by atoms with E-state index in [9.17, 15) is 4.79 Å². The first-order valence-electron chi connectivity index (χ1n) is 9.06. The van der Waals surface area contributed by atoms with E-state index in [1.165, 1.54) is 0 Å². The molecular formula is C21H27N3O2. The van der Waals surface area contributed by atoms with Crippen LogP contribution in [0.15, 0.2) is 54.6 Å². The average Bonchev–Trinajstić information content (AvgIpc) is 2.63. The number of nitrogens with one attached hydrogen (secondary N) is 1. The lowest BCUT2D eigenvalue weighted by Gasteiger charge is -2.42. The fourth-order valence-electron chi connectivity index (χ4n) is 3.01. The molecule has 5 nitrogen and oxygen atoms in total. The predicted molar refractivity (Wildman–Crippen MR) is 105 cm³/mol. The lowest BCUT2D eigenvalue weighted by atomic mass is 10.1. The number of carbonyl (C=O) groups is 1. The Kier molecular flexibility index (Phi) is 5.47. The highest BCUT2D eigenvalue weighted by Gasteiger charge is 2.27. The van der Waals surface area contributed by atoms with E-state index in [2.05, 4.69) is 31.0 Å². The van der Waals surface area contributed by atoms with Gasteiger partial charge in [-0.25, -0.2) is 4.79 Å². The van der Waals surface area contributed by atoms with Gasteiger partial charge in [0.2, 0.25) is 0 Å². The SMILES string of the molecule is CC(C)(C)N1CCN(C(=O)Nc2ccc(Oc3ccccc3)cc2)CC1. The van der Waals surface area contributed by atoms with Crippen molar-refractivity contribution in [2.75, 3.05) is 31.5 Å². The molecule has 0 unspecified atom stereocenters. The van der Waals surface area contributed by atoms with Gasteiger partial charge in [0.15, 0.2) is 0 Å². The van der Waals surface area contributed by atoms with Crippen molar-refractivity contribution in [1.29, 1.82) is 0 Å². The molecule has 138 valence electrons. The molecule has 1 N–H and O–H groups in total. The van der Waals surface area contributed by atoms with E-state index in [0.717, 1.165) is 43.4 Å². The van der Waals surface area contributed by atoms with Gasteiger partial charge in [-0.05, 0) is 57.2 Å². The molecule has 0 spiro atoms. The van der Waals surface area contributed by atoms with Gasteiger partial charge in [0.1, 0.15) is 11.5 Å². The summed E-state index contributed by atoms with van der Waals surface area (Å²) in [6, 6.07) is 17.0. The van der Waals surface area contributed by atoms with E-state index < -0.39 is 0 Å². The molecular weight excluding hydrogens is 326 g/mol. The number of benzene rings is 2. The van der Waals surface area contributed by atoms with Crippen molar-refractivity contribution in [3.8, 4) is 11.5 Å². The summed E-state index contributed by atoms with van der Waals surface area (Å²) in [7, 11) is 0. The average molecular weight is 353 g/mol. The fourth-order valence-corrected chi connectivity index (χ4v) is 3.01. The van der Waals surface area contributed by atoms with Crippen LogP contribution < -0.4 is 10.1 Å². The van der Waals surface area contributed by atoms with Gasteiger partial charge in [0, 0.05) is 37.4 Å². The van der Waals surface area contributed by atoms with Crippen LogP contribution in [0.25, 0.3) is 0 Å². The minimum absolute atomic E-state index is 0.0460. The van der Waals surface area contributed by atoms with Gasteiger partial charge in [-0.3, -0.25) is 4.90 Å². The second kappa shape index (κ2) is 7.79. The van der Waals surface area contributed by atoms with Gasteiger partial charge in [0.25, 0.3) is 0 Å². The number of hydrogen-bond acceptors (Lipinski definition) is 3. The fraction of sp³-hybridized carbons (Fsp3) is 0.381. The minimum Gasteiger partial charge on any atom is -0.457 e. The summed E-state index contributed by atoms with van der Waals surface area (Å²) in [6.45, 7) is 9.93. The number of urea groups is 1. The summed E-state index contributed by atoms with van der Waals surface area (Å²) in [5.74, 6) is 1.54. The Morgan fingerprint density at radius 2 is 1.46 bits per heavy atom. The zero-order chi connectivity index (χ0) is 18.6. The molecule has 26 heavy (non-hydrogen) atoms. The van der Waals surface area contributed by atoms with E-state index in [-0.39, 0.29) is 11.6 Å². The highest BCUT2D eigenvalue weighted by Crippen LogP contribution is 2.23. The Labute approximate surface area is 155 Å². The second-order valence-electron chi connectivity index (χ2n) is 7.51. The van der Waals surface area contributed by atoms with Crippen molar-refractivity contribution in [3.05, 3.63) is 54.6 Å². The molecule has 2 aromatic carbocycles. The van der Waals surface area contributed by atoms with Crippen LogP contribution >= 0.6 is 0 Å². The number of piperazine rings is 1. The van der Waals surface area contributed by atoms with Crippen LogP contribution in [0.3, 0.4) is 0 Å². The van der Waals surface area contributed by atoms with Crippen molar-refractivity contribution in [2.45, 2.75) is 26.3 Å². The van der Waals surface area contributed by atoms with Crippen LogP contribution in [0.2, 0.25) is 0 Å². The number of rotatable bonds is 3. The molecule has 0 bridgehead atoms. The molecule has 2 amide bonds. The van der Waals surface area contributed by atoms with Gasteiger partial charge < -0.3 is 15.0 Å². The molecule has 0 aromatic heterocycles. The maximum Gasteiger partial charge on any atom is 0.321 e. The quantitative estimate of drug-likeness (QED) is 0.888. The summed E-state index contributed by atoms with van der Waals surface area (Å²) < 4.78 is 5.77. The number of nitrogens with zero attached hydrogens (tertiary/aromatic N) is 2. The summed E-state index contributed by atoms with van der Waals surface area (Å²) >= 11 is 0. The van der Waals surface area contributed by atoms with Crippen LogP contribution in [0.1, 0.15) is 20.8 Å². The summed E-state index contributed by atoms with van der Waals surface area (Å²) in [5.41, 5.74) is 0.922. The number of ether oxygens (including phenoxy) is 1. The van der Waals surface area contributed by atoms with Crippen molar-refractivity contribution in [2.24, 2.45) is 0 Å². The largest absolute Gasteiger partial charge is 0.457 e. The summed E-state index contributed by atoms with van der Waals surface area (Å²) in [4.78, 5) is 16.7. The molecule has 1 heterocycles. The summed E-state index contributed by atoms with van der Waals surface area (Å²) in [6.07, 6.45) is 0. The molecule has 1 saturated heterocycles. The van der Waals surface area contributed by atoms with Crippen LogP contribution in [0, 0.1) is 0 Å². The molecule has 1 aliphatic heterocycles. The third kappa shape index (κ3) is 4.76. The molecule has 1 fully saturated rings. The first-order chi connectivity index (χ1) is 12.4. The Morgan fingerprint density at radius 1 is 0.885 bits per heavy atom. The van der Waals surface area contributed by atoms with Crippen molar-refractivity contribution in [1.82, 2.24) is 9.80 Å². The monoisotopic (exact) mass is 353 g/mol. The number of amides is 2. The Bertz CT molecular complexity index is 715. The van der Waals surface area contributed by atoms with E-state index in [1.54, 1.807) is 0 Å². The minimum atomic E-state index is -0.0460.